The third kappa shape index (κ3) is 3.51. The summed E-state index contributed by atoms with van der Waals surface area (Å²) < 4.78 is 11.4. The first-order chi connectivity index (χ1) is 11.5. The van der Waals surface area contributed by atoms with Crippen LogP contribution in [0.15, 0.2) is 46.0 Å². The highest BCUT2D eigenvalue weighted by atomic mass is 79.9. The average Bonchev–Trinajstić information content (AvgIpc) is 3.02. The van der Waals surface area contributed by atoms with E-state index in [0.717, 1.165) is 15.7 Å². The summed E-state index contributed by atoms with van der Waals surface area (Å²) in [6.07, 6.45) is 1.55. The monoisotopic (exact) mass is 389 g/mol. The van der Waals surface area contributed by atoms with Crippen LogP contribution in [0, 0.1) is 0 Å². The van der Waals surface area contributed by atoms with Crippen LogP contribution in [0.1, 0.15) is 15.9 Å². The van der Waals surface area contributed by atoms with Crippen molar-refractivity contribution in [1.29, 1.82) is 0 Å². The fourth-order valence-corrected chi connectivity index (χ4v) is 2.59. The minimum Gasteiger partial charge on any atom is -0.454 e. The van der Waals surface area contributed by atoms with Crippen molar-refractivity contribution >= 4 is 33.7 Å². The molecule has 0 aliphatic carbocycles. The first-order valence-electron chi connectivity index (χ1n) is 7.24. The number of fused-ring (bicyclic) bond motifs is 1. The molecule has 0 radical (unpaired) electrons. The highest BCUT2D eigenvalue weighted by Gasteiger charge is 2.15. The number of carbonyl (C=O) groups excluding carboxylic acids is 1. The van der Waals surface area contributed by atoms with E-state index in [2.05, 4.69) is 26.5 Å². The number of hydrogen-bond donors (Lipinski definition) is 1. The van der Waals surface area contributed by atoms with Crippen LogP contribution < -0.4 is 19.8 Å². The summed E-state index contributed by atoms with van der Waals surface area (Å²) in [6.45, 7) is 0.210. The fraction of sp³-hybridized carbons (Fsp3) is 0.176. The number of rotatable bonds is 4. The van der Waals surface area contributed by atoms with Crippen LogP contribution in [0.25, 0.3) is 0 Å². The molecular formula is C17H16BrN3O3. The lowest BCUT2D eigenvalue weighted by Crippen LogP contribution is -2.18. The summed E-state index contributed by atoms with van der Waals surface area (Å²) in [7, 11) is 3.89. The van der Waals surface area contributed by atoms with Crippen LogP contribution in [0.5, 0.6) is 11.5 Å². The number of benzene rings is 2. The molecule has 2 aromatic rings. The molecular weight excluding hydrogens is 374 g/mol. The Kier molecular flexibility index (Phi) is 4.71. The van der Waals surface area contributed by atoms with E-state index in [9.17, 15) is 4.79 Å². The number of anilines is 1. The summed E-state index contributed by atoms with van der Waals surface area (Å²) >= 11 is 3.44. The number of nitrogens with one attached hydrogen (secondary N) is 1. The molecule has 0 saturated carbocycles. The van der Waals surface area contributed by atoms with Gasteiger partial charge in [0.1, 0.15) is 0 Å². The van der Waals surface area contributed by atoms with E-state index in [0.29, 0.717) is 17.1 Å². The van der Waals surface area contributed by atoms with Crippen molar-refractivity contribution in [2.24, 2.45) is 5.10 Å². The van der Waals surface area contributed by atoms with Crippen molar-refractivity contribution in [2.75, 3.05) is 25.8 Å². The molecule has 0 saturated heterocycles. The van der Waals surface area contributed by atoms with Crippen LogP contribution in [-0.4, -0.2) is 33.0 Å². The zero-order valence-corrected chi connectivity index (χ0v) is 14.8. The second kappa shape index (κ2) is 6.92. The number of halogens is 1. The summed E-state index contributed by atoms with van der Waals surface area (Å²) in [4.78, 5) is 14.1. The predicted octanol–water partition coefficient (Wildman–Crippen LogP) is 3.01. The lowest BCUT2D eigenvalue weighted by molar-refractivity contribution is 0.0955. The highest BCUT2D eigenvalue weighted by Crippen LogP contribution is 2.36. The van der Waals surface area contributed by atoms with Gasteiger partial charge in [0.05, 0.1) is 6.21 Å². The second-order valence-corrected chi connectivity index (χ2v) is 6.22. The molecule has 2 aromatic carbocycles. The van der Waals surface area contributed by atoms with Gasteiger partial charge in [0.2, 0.25) is 6.79 Å². The van der Waals surface area contributed by atoms with Gasteiger partial charge in [0.25, 0.3) is 5.91 Å². The third-order valence-electron chi connectivity index (χ3n) is 3.51. The molecule has 1 aliphatic heterocycles. The maximum absolute atomic E-state index is 12.1. The van der Waals surface area contributed by atoms with Crippen LogP contribution >= 0.6 is 15.9 Å². The van der Waals surface area contributed by atoms with E-state index < -0.39 is 0 Å². The molecule has 6 nitrogen and oxygen atoms in total. The van der Waals surface area contributed by atoms with Crippen LogP contribution in [0.2, 0.25) is 0 Å². The Morgan fingerprint density at radius 1 is 1.21 bits per heavy atom. The molecule has 0 spiro atoms. The molecule has 7 heteroatoms. The molecule has 1 amide bonds. The maximum atomic E-state index is 12.1. The Bertz CT molecular complexity index is 788. The molecule has 1 aliphatic rings. The number of amides is 1. The van der Waals surface area contributed by atoms with Gasteiger partial charge in [-0.1, -0.05) is 0 Å². The SMILES string of the molecule is CN(C)c1ccc(C(=O)NN=Cc2cc3c(cc2Br)OCO3)cc1. The number of hydrogen-bond acceptors (Lipinski definition) is 5. The highest BCUT2D eigenvalue weighted by molar-refractivity contribution is 9.10. The average molecular weight is 390 g/mol. The van der Waals surface area contributed by atoms with Gasteiger partial charge >= 0.3 is 0 Å². The summed E-state index contributed by atoms with van der Waals surface area (Å²) in [5.41, 5.74) is 4.87. The van der Waals surface area contributed by atoms with Crippen molar-refractivity contribution in [1.82, 2.24) is 5.43 Å². The van der Waals surface area contributed by atoms with E-state index >= 15 is 0 Å². The molecule has 1 heterocycles. The third-order valence-corrected chi connectivity index (χ3v) is 4.19. The maximum Gasteiger partial charge on any atom is 0.271 e. The smallest absolute Gasteiger partial charge is 0.271 e. The van der Waals surface area contributed by atoms with Gasteiger partial charge in [-0.2, -0.15) is 5.10 Å². The Hall–Kier alpha value is -2.54. The van der Waals surface area contributed by atoms with Gasteiger partial charge in [-0.25, -0.2) is 5.43 Å². The summed E-state index contributed by atoms with van der Waals surface area (Å²) in [6, 6.07) is 10.9. The summed E-state index contributed by atoms with van der Waals surface area (Å²) in [5.74, 6) is 1.07. The number of nitrogens with zero attached hydrogens (tertiary/aromatic N) is 2. The Labute approximate surface area is 148 Å². The molecule has 1 N–H and O–H groups in total. The first-order valence-corrected chi connectivity index (χ1v) is 8.04. The Morgan fingerprint density at radius 3 is 2.54 bits per heavy atom. The predicted molar refractivity (Wildman–Crippen MR) is 96.1 cm³/mol. The van der Waals surface area contributed by atoms with Crippen molar-refractivity contribution < 1.29 is 14.3 Å². The van der Waals surface area contributed by atoms with Crippen LogP contribution in [-0.2, 0) is 0 Å². The van der Waals surface area contributed by atoms with E-state index in [1.165, 1.54) is 0 Å². The van der Waals surface area contributed by atoms with Crippen molar-refractivity contribution in [3.63, 3.8) is 0 Å². The van der Waals surface area contributed by atoms with Crippen LogP contribution in [0.3, 0.4) is 0 Å². The fourth-order valence-electron chi connectivity index (χ4n) is 2.17. The molecule has 0 fully saturated rings. The minimum absolute atomic E-state index is 0.210. The Morgan fingerprint density at radius 2 is 1.88 bits per heavy atom. The van der Waals surface area contributed by atoms with Gasteiger partial charge in [-0.05, 0) is 52.3 Å². The molecule has 0 atom stereocenters. The molecule has 0 bridgehead atoms. The molecule has 3 rings (SSSR count). The molecule has 0 unspecified atom stereocenters. The van der Waals surface area contributed by atoms with E-state index in [-0.39, 0.29) is 12.7 Å². The van der Waals surface area contributed by atoms with E-state index in [1.807, 2.05) is 37.2 Å². The van der Waals surface area contributed by atoms with E-state index in [4.69, 9.17) is 9.47 Å². The number of ether oxygens (including phenoxy) is 2. The largest absolute Gasteiger partial charge is 0.454 e. The van der Waals surface area contributed by atoms with Crippen molar-refractivity contribution in [3.05, 3.63) is 52.0 Å². The molecule has 0 aromatic heterocycles. The normalized spacial score (nSPS) is 12.5. The second-order valence-electron chi connectivity index (χ2n) is 5.37. The quantitative estimate of drug-likeness (QED) is 0.644. The van der Waals surface area contributed by atoms with Crippen molar-refractivity contribution in [3.8, 4) is 11.5 Å². The minimum atomic E-state index is -0.270. The molecule has 124 valence electrons. The van der Waals surface area contributed by atoms with Crippen molar-refractivity contribution in [2.45, 2.75) is 0 Å². The van der Waals surface area contributed by atoms with Crippen LogP contribution in [0.4, 0.5) is 5.69 Å². The first kappa shape index (κ1) is 16.3. The van der Waals surface area contributed by atoms with Gasteiger partial charge in [0, 0.05) is 35.4 Å². The molecule has 24 heavy (non-hydrogen) atoms. The zero-order valence-electron chi connectivity index (χ0n) is 13.2. The van der Waals surface area contributed by atoms with Gasteiger partial charge in [-0.3, -0.25) is 4.79 Å². The Balaban J connectivity index is 1.67. The lowest BCUT2D eigenvalue weighted by atomic mass is 10.2. The zero-order chi connectivity index (χ0) is 17.1. The number of carbonyl (C=O) groups is 1. The van der Waals surface area contributed by atoms with Gasteiger partial charge in [0.15, 0.2) is 11.5 Å². The van der Waals surface area contributed by atoms with E-state index in [1.54, 1.807) is 24.4 Å². The van der Waals surface area contributed by atoms with Gasteiger partial charge < -0.3 is 14.4 Å². The summed E-state index contributed by atoms with van der Waals surface area (Å²) in [5, 5.41) is 4.00. The lowest BCUT2D eigenvalue weighted by Gasteiger charge is -2.12. The topological polar surface area (TPSA) is 63.2 Å². The standard InChI is InChI=1S/C17H16BrN3O3/c1-21(2)13-5-3-11(4-6-13)17(22)20-19-9-12-7-15-16(8-14(12)18)24-10-23-15/h3-9H,10H2,1-2H3,(H,20,22). The number of hydrazone groups is 1. The van der Waals surface area contributed by atoms with Gasteiger partial charge in [-0.15, -0.1) is 0 Å².